The van der Waals surface area contributed by atoms with Crippen LogP contribution in [0.2, 0.25) is 0 Å². The number of guanidine groups is 1. The molecular weight excluding hydrogens is 427 g/mol. The van der Waals surface area contributed by atoms with Crippen LogP contribution in [0.15, 0.2) is 4.99 Å². The van der Waals surface area contributed by atoms with Gasteiger partial charge >= 0.3 is 0 Å². The molecule has 23 heavy (non-hydrogen) atoms. The Morgan fingerprint density at radius 2 is 2.35 bits per heavy atom. The number of hydrogen-bond donors (Lipinski definition) is 3. The van der Waals surface area contributed by atoms with Gasteiger partial charge in [-0.1, -0.05) is 0 Å². The van der Waals surface area contributed by atoms with Crippen LogP contribution >= 0.6 is 35.7 Å². The van der Waals surface area contributed by atoms with Gasteiger partial charge in [0.1, 0.15) is 0 Å². The SMILES string of the molecule is CCNC(=NCC1(O)CCSC1)N1CCCC(CC(N)=O)C1.I. The molecule has 2 aliphatic heterocycles. The summed E-state index contributed by atoms with van der Waals surface area (Å²) in [5, 5.41) is 13.8. The third-order valence-corrected chi connectivity index (χ3v) is 5.48. The first-order valence-corrected chi connectivity index (χ1v) is 9.29. The van der Waals surface area contributed by atoms with Crippen molar-refractivity contribution in [2.45, 2.75) is 38.2 Å². The van der Waals surface area contributed by atoms with Crippen LogP contribution in [0.1, 0.15) is 32.6 Å². The van der Waals surface area contributed by atoms with Crippen molar-refractivity contribution in [3.63, 3.8) is 0 Å². The molecule has 0 aromatic rings. The molecule has 0 spiro atoms. The number of nitrogens with zero attached hydrogens (tertiary/aromatic N) is 2. The van der Waals surface area contributed by atoms with Crippen molar-refractivity contribution in [3.8, 4) is 0 Å². The summed E-state index contributed by atoms with van der Waals surface area (Å²) in [5.41, 5.74) is 4.66. The molecule has 0 radical (unpaired) electrons. The minimum Gasteiger partial charge on any atom is -0.387 e. The predicted octanol–water partition coefficient (Wildman–Crippen LogP) is 1.03. The second-order valence-electron chi connectivity index (χ2n) is 6.32. The van der Waals surface area contributed by atoms with Crippen molar-refractivity contribution in [1.29, 1.82) is 0 Å². The Labute approximate surface area is 160 Å². The Morgan fingerprint density at radius 3 is 2.96 bits per heavy atom. The Bertz CT molecular complexity index is 416. The fourth-order valence-corrected chi connectivity index (χ4v) is 4.36. The third-order valence-electron chi connectivity index (χ3n) is 4.25. The van der Waals surface area contributed by atoms with Gasteiger partial charge in [0.05, 0.1) is 12.1 Å². The van der Waals surface area contributed by atoms with Crippen LogP contribution in [0.5, 0.6) is 0 Å². The highest BCUT2D eigenvalue weighted by Crippen LogP contribution is 2.28. The van der Waals surface area contributed by atoms with Gasteiger partial charge in [-0.05, 0) is 37.9 Å². The lowest BCUT2D eigenvalue weighted by atomic mass is 9.95. The van der Waals surface area contributed by atoms with E-state index in [9.17, 15) is 9.90 Å². The van der Waals surface area contributed by atoms with Crippen molar-refractivity contribution in [1.82, 2.24) is 10.2 Å². The van der Waals surface area contributed by atoms with Crippen LogP contribution in [0.25, 0.3) is 0 Å². The number of nitrogens with two attached hydrogens (primary N) is 1. The van der Waals surface area contributed by atoms with Crippen LogP contribution in [0, 0.1) is 5.92 Å². The largest absolute Gasteiger partial charge is 0.387 e. The van der Waals surface area contributed by atoms with E-state index in [0.717, 1.165) is 56.4 Å². The molecule has 1 amide bonds. The molecule has 2 aliphatic rings. The first-order chi connectivity index (χ1) is 10.5. The monoisotopic (exact) mass is 456 g/mol. The molecule has 2 rings (SSSR count). The Balaban J connectivity index is 0.00000264. The van der Waals surface area contributed by atoms with Gasteiger partial charge in [0.25, 0.3) is 0 Å². The maximum Gasteiger partial charge on any atom is 0.217 e. The zero-order valence-corrected chi connectivity index (χ0v) is 16.9. The predicted molar refractivity (Wildman–Crippen MR) is 106 cm³/mol. The molecule has 4 N–H and O–H groups in total. The van der Waals surface area contributed by atoms with Gasteiger partial charge in [-0.3, -0.25) is 9.79 Å². The number of thioether (sulfide) groups is 1. The van der Waals surface area contributed by atoms with Crippen molar-refractivity contribution in [2.24, 2.45) is 16.6 Å². The molecular formula is C15H29IN4O2S. The van der Waals surface area contributed by atoms with Crippen molar-refractivity contribution < 1.29 is 9.90 Å². The standard InChI is InChI=1S/C15H28N4O2S.HI/c1-2-17-14(18-10-15(21)5-7-22-11-15)19-6-3-4-12(9-19)8-13(16)20;/h12,21H,2-11H2,1H3,(H2,16,20)(H,17,18);1H. The third kappa shape index (κ3) is 6.66. The first-order valence-electron chi connectivity index (χ1n) is 8.14. The van der Waals surface area contributed by atoms with Crippen molar-refractivity contribution in [2.75, 3.05) is 37.7 Å². The number of rotatable bonds is 5. The second-order valence-corrected chi connectivity index (χ2v) is 7.43. The minimum atomic E-state index is -0.659. The topological polar surface area (TPSA) is 91.0 Å². The van der Waals surface area contributed by atoms with Gasteiger partial charge in [0.15, 0.2) is 5.96 Å². The lowest BCUT2D eigenvalue weighted by Crippen LogP contribution is -2.48. The minimum absolute atomic E-state index is 0. The van der Waals surface area contributed by atoms with E-state index in [2.05, 4.69) is 15.2 Å². The van der Waals surface area contributed by atoms with E-state index >= 15 is 0 Å². The molecule has 134 valence electrons. The van der Waals surface area contributed by atoms with Gasteiger partial charge in [-0.2, -0.15) is 11.8 Å². The number of hydrogen-bond acceptors (Lipinski definition) is 4. The van der Waals surface area contributed by atoms with E-state index in [1.165, 1.54) is 0 Å². The molecule has 0 aromatic carbocycles. The highest BCUT2D eigenvalue weighted by molar-refractivity contribution is 14.0. The van der Waals surface area contributed by atoms with Crippen molar-refractivity contribution in [3.05, 3.63) is 0 Å². The fraction of sp³-hybridized carbons (Fsp3) is 0.867. The number of amides is 1. The van der Waals surface area contributed by atoms with Crippen LogP contribution in [-0.4, -0.2) is 65.2 Å². The molecule has 0 bridgehead atoms. The lowest BCUT2D eigenvalue weighted by Gasteiger charge is -2.35. The van der Waals surface area contributed by atoms with Crippen LogP contribution in [0.3, 0.4) is 0 Å². The smallest absolute Gasteiger partial charge is 0.217 e. The summed E-state index contributed by atoms with van der Waals surface area (Å²) in [6.07, 6.45) is 3.34. The van der Waals surface area contributed by atoms with Crippen LogP contribution in [-0.2, 0) is 4.79 Å². The van der Waals surface area contributed by atoms with E-state index in [4.69, 9.17) is 5.73 Å². The zero-order chi connectivity index (χ0) is 16.0. The average Bonchev–Trinajstić information content (AvgIpc) is 2.90. The summed E-state index contributed by atoms with van der Waals surface area (Å²) < 4.78 is 0. The van der Waals surface area contributed by atoms with Gasteiger partial charge in [-0.15, -0.1) is 24.0 Å². The van der Waals surface area contributed by atoms with Crippen LogP contribution in [0.4, 0.5) is 0 Å². The molecule has 2 saturated heterocycles. The van der Waals surface area contributed by atoms with Gasteiger partial charge in [0, 0.05) is 31.8 Å². The second kappa shape index (κ2) is 9.93. The fourth-order valence-electron chi connectivity index (χ4n) is 3.08. The van der Waals surface area contributed by atoms with E-state index in [1.54, 1.807) is 11.8 Å². The molecule has 2 fully saturated rings. The molecule has 6 nitrogen and oxygen atoms in total. The number of likely N-dealkylation sites (tertiary alicyclic amines) is 1. The zero-order valence-electron chi connectivity index (χ0n) is 13.8. The maximum atomic E-state index is 11.1. The summed E-state index contributed by atoms with van der Waals surface area (Å²) in [6.45, 7) is 5.03. The number of carbonyl (C=O) groups is 1. The maximum absolute atomic E-state index is 11.1. The summed E-state index contributed by atoms with van der Waals surface area (Å²) in [7, 11) is 0. The van der Waals surface area contributed by atoms with E-state index in [1.807, 2.05) is 6.92 Å². The highest BCUT2D eigenvalue weighted by atomic mass is 127. The van der Waals surface area contributed by atoms with Gasteiger partial charge in [0.2, 0.25) is 5.91 Å². The number of aliphatic imine (C=N–C) groups is 1. The summed E-state index contributed by atoms with van der Waals surface area (Å²) in [4.78, 5) is 18.0. The molecule has 2 heterocycles. The molecule has 0 saturated carbocycles. The van der Waals surface area contributed by atoms with E-state index in [-0.39, 0.29) is 29.9 Å². The summed E-state index contributed by atoms with van der Waals surface area (Å²) >= 11 is 1.78. The van der Waals surface area contributed by atoms with Crippen LogP contribution < -0.4 is 11.1 Å². The normalized spacial score (nSPS) is 28.3. The van der Waals surface area contributed by atoms with Gasteiger partial charge < -0.3 is 21.1 Å². The lowest BCUT2D eigenvalue weighted by molar-refractivity contribution is -0.119. The summed E-state index contributed by atoms with van der Waals surface area (Å²) in [5.74, 6) is 2.70. The number of aliphatic hydroxyl groups is 1. The molecule has 0 aliphatic carbocycles. The van der Waals surface area contributed by atoms with E-state index in [0.29, 0.717) is 18.9 Å². The number of piperidine rings is 1. The van der Waals surface area contributed by atoms with Crippen molar-refractivity contribution >= 4 is 47.6 Å². The summed E-state index contributed by atoms with van der Waals surface area (Å²) in [6, 6.07) is 0. The first kappa shape index (κ1) is 20.8. The Hall–Kier alpha value is -0.220. The highest BCUT2D eigenvalue weighted by Gasteiger charge is 2.32. The number of carbonyl (C=O) groups excluding carboxylic acids is 1. The Kier molecular flexibility index (Phi) is 8.99. The average molecular weight is 456 g/mol. The van der Waals surface area contributed by atoms with Gasteiger partial charge in [-0.25, -0.2) is 0 Å². The number of nitrogens with one attached hydrogen (secondary N) is 1. The molecule has 0 aromatic heterocycles. The quantitative estimate of drug-likeness (QED) is 0.327. The molecule has 2 atom stereocenters. The van der Waals surface area contributed by atoms with E-state index < -0.39 is 5.60 Å². The number of primary amides is 1. The number of halogens is 1. The molecule has 2 unspecified atom stereocenters. The molecule has 8 heteroatoms. The Morgan fingerprint density at radius 1 is 1.57 bits per heavy atom.